The number of likely N-dealkylation sites (tertiary alicyclic amines) is 1. The van der Waals surface area contributed by atoms with E-state index in [-0.39, 0.29) is 5.91 Å². The number of ether oxygens (including phenoxy) is 1. The van der Waals surface area contributed by atoms with Crippen molar-refractivity contribution in [3.05, 3.63) is 0 Å². The van der Waals surface area contributed by atoms with E-state index in [1.54, 1.807) is 0 Å². The van der Waals surface area contributed by atoms with E-state index in [1.807, 2.05) is 11.9 Å². The summed E-state index contributed by atoms with van der Waals surface area (Å²) in [5.74, 6) is 0.928. The first-order valence-corrected chi connectivity index (χ1v) is 7.46. The predicted octanol–water partition coefficient (Wildman–Crippen LogP) is 0.165. The first-order valence-electron chi connectivity index (χ1n) is 7.46. The van der Waals surface area contributed by atoms with Gasteiger partial charge in [0.1, 0.15) is 0 Å². The fraction of sp³-hybridized carbons (Fsp3) is 0.929. The van der Waals surface area contributed by atoms with E-state index in [2.05, 4.69) is 17.1 Å². The van der Waals surface area contributed by atoms with Gasteiger partial charge >= 0.3 is 0 Å². The second-order valence-corrected chi connectivity index (χ2v) is 5.71. The fourth-order valence-electron chi connectivity index (χ4n) is 2.98. The average Bonchev–Trinajstić information content (AvgIpc) is 2.47. The zero-order valence-electron chi connectivity index (χ0n) is 12.2. The molecular formula is C14H27N3O2. The van der Waals surface area contributed by atoms with Crippen LogP contribution in [0.1, 0.15) is 19.8 Å². The molecule has 1 N–H and O–H groups in total. The SMILES string of the molecule is CNC(C)C1CCCN(CC(=O)N2CCOCC2)C1. The first kappa shape index (κ1) is 14.8. The standard InChI is InChI=1S/C14H27N3O2/c1-12(15-2)13-4-3-5-16(10-13)11-14(18)17-6-8-19-9-7-17/h12-13,15H,3-11H2,1-2H3. The molecule has 0 spiro atoms. The molecule has 110 valence electrons. The molecule has 0 aromatic heterocycles. The number of hydrogen-bond donors (Lipinski definition) is 1. The molecule has 2 atom stereocenters. The van der Waals surface area contributed by atoms with Crippen LogP contribution >= 0.6 is 0 Å². The highest BCUT2D eigenvalue weighted by atomic mass is 16.5. The largest absolute Gasteiger partial charge is 0.378 e. The Morgan fingerprint density at radius 2 is 2.11 bits per heavy atom. The summed E-state index contributed by atoms with van der Waals surface area (Å²) in [5.41, 5.74) is 0. The van der Waals surface area contributed by atoms with Crippen molar-refractivity contribution in [2.75, 3.05) is 53.0 Å². The van der Waals surface area contributed by atoms with Crippen molar-refractivity contribution in [2.24, 2.45) is 5.92 Å². The molecule has 0 aromatic rings. The van der Waals surface area contributed by atoms with E-state index in [0.717, 1.165) is 26.2 Å². The molecule has 2 unspecified atom stereocenters. The molecule has 5 nitrogen and oxygen atoms in total. The third-order valence-corrected chi connectivity index (χ3v) is 4.43. The van der Waals surface area contributed by atoms with Crippen molar-refractivity contribution in [3.63, 3.8) is 0 Å². The van der Waals surface area contributed by atoms with Gasteiger partial charge in [0.25, 0.3) is 0 Å². The van der Waals surface area contributed by atoms with Gasteiger partial charge in [-0.15, -0.1) is 0 Å². The Balaban J connectivity index is 1.79. The summed E-state index contributed by atoms with van der Waals surface area (Å²) in [4.78, 5) is 16.5. The third-order valence-electron chi connectivity index (χ3n) is 4.43. The lowest BCUT2D eigenvalue weighted by atomic mass is 9.91. The summed E-state index contributed by atoms with van der Waals surface area (Å²) in [5, 5.41) is 3.33. The molecule has 2 aliphatic heterocycles. The van der Waals surface area contributed by atoms with E-state index in [1.165, 1.54) is 12.8 Å². The Morgan fingerprint density at radius 3 is 2.79 bits per heavy atom. The van der Waals surface area contributed by atoms with Crippen LogP contribution in [-0.4, -0.2) is 74.7 Å². The molecule has 2 heterocycles. The van der Waals surface area contributed by atoms with Gasteiger partial charge in [0.15, 0.2) is 0 Å². The molecule has 19 heavy (non-hydrogen) atoms. The first-order chi connectivity index (χ1) is 9.20. The molecule has 2 aliphatic rings. The van der Waals surface area contributed by atoms with E-state index < -0.39 is 0 Å². The number of rotatable bonds is 4. The Bertz CT molecular complexity index is 292. The van der Waals surface area contributed by atoms with Crippen LogP contribution in [0.4, 0.5) is 0 Å². The van der Waals surface area contributed by atoms with E-state index in [9.17, 15) is 4.79 Å². The summed E-state index contributed by atoms with van der Waals surface area (Å²) >= 11 is 0. The molecule has 0 aromatic carbocycles. The maximum atomic E-state index is 12.2. The van der Waals surface area contributed by atoms with Gasteiger partial charge in [-0.05, 0) is 39.3 Å². The van der Waals surface area contributed by atoms with Crippen molar-refractivity contribution in [1.82, 2.24) is 15.1 Å². The lowest BCUT2D eigenvalue weighted by Gasteiger charge is -2.36. The minimum atomic E-state index is 0.265. The van der Waals surface area contributed by atoms with Crippen LogP contribution in [0.3, 0.4) is 0 Å². The normalized spacial score (nSPS) is 27.3. The smallest absolute Gasteiger partial charge is 0.236 e. The van der Waals surface area contributed by atoms with Gasteiger partial charge in [-0.3, -0.25) is 9.69 Å². The van der Waals surface area contributed by atoms with Gasteiger partial charge in [0.05, 0.1) is 19.8 Å². The number of morpholine rings is 1. The Kier molecular flexibility index (Phi) is 5.60. The number of hydrogen-bond acceptors (Lipinski definition) is 4. The maximum absolute atomic E-state index is 12.2. The zero-order valence-corrected chi connectivity index (χ0v) is 12.2. The van der Waals surface area contributed by atoms with Gasteiger partial charge in [-0.2, -0.15) is 0 Å². The lowest BCUT2D eigenvalue weighted by molar-refractivity contribution is -0.137. The molecule has 2 rings (SSSR count). The number of nitrogens with one attached hydrogen (secondary N) is 1. The van der Waals surface area contributed by atoms with E-state index in [4.69, 9.17) is 4.74 Å². The second-order valence-electron chi connectivity index (χ2n) is 5.71. The highest BCUT2D eigenvalue weighted by Crippen LogP contribution is 2.19. The molecule has 0 bridgehead atoms. The molecule has 0 saturated carbocycles. The molecule has 5 heteroatoms. The van der Waals surface area contributed by atoms with Crippen LogP contribution in [-0.2, 0) is 9.53 Å². The number of amides is 1. The minimum Gasteiger partial charge on any atom is -0.378 e. The molecule has 0 aliphatic carbocycles. The summed E-state index contributed by atoms with van der Waals surface area (Å²) < 4.78 is 5.29. The maximum Gasteiger partial charge on any atom is 0.236 e. The van der Waals surface area contributed by atoms with Crippen LogP contribution < -0.4 is 5.32 Å². The number of nitrogens with zero attached hydrogens (tertiary/aromatic N) is 2. The van der Waals surface area contributed by atoms with Crippen LogP contribution in [0.15, 0.2) is 0 Å². The van der Waals surface area contributed by atoms with Crippen LogP contribution in [0.2, 0.25) is 0 Å². The quantitative estimate of drug-likeness (QED) is 0.790. The molecule has 1 amide bonds. The van der Waals surface area contributed by atoms with E-state index >= 15 is 0 Å². The van der Waals surface area contributed by atoms with Crippen molar-refractivity contribution < 1.29 is 9.53 Å². The van der Waals surface area contributed by atoms with Crippen LogP contribution in [0.5, 0.6) is 0 Å². The van der Waals surface area contributed by atoms with Crippen LogP contribution in [0, 0.1) is 5.92 Å². The summed E-state index contributed by atoms with van der Waals surface area (Å²) in [7, 11) is 2.02. The third kappa shape index (κ3) is 4.16. The molecule has 2 saturated heterocycles. The lowest BCUT2D eigenvalue weighted by Crippen LogP contribution is -2.49. The molecule has 0 radical (unpaired) electrons. The summed E-state index contributed by atoms with van der Waals surface area (Å²) in [6, 6.07) is 0.529. The van der Waals surface area contributed by atoms with E-state index in [0.29, 0.717) is 31.7 Å². The monoisotopic (exact) mass is 269 g/mol. The predicted molar refractivity (Wildman–Crippen MR) is 75.1 cm³/mol. The van der Waals surface area contributed by atoms with Crippen molar-refractivity contribution in [1.29, 1.82) is 0 Å². The fourth-order valence-corrected chi connectivity index (χ4v) is 2.98. The minimum absolute atomic E-state index is 0.265. The highest BCUT2D eigenvalue weighted by Gasteiger charge is 2.26. The van der Waals surface area contributed by atoms with Crippen LogP contribution in [0.25, 0.3) is 0 Å². The van der Waals surface area contributed by atoms with Gasteiger partial charge in [-0.25, -0.2) is 0 Å². The zero-order chi connectivity index (χ0) is 13.7. The Labute approximate surface area is 116 Å². The average molecular weight is 269 g/mol. The van der Waals surface area contributed by atoms with Gasteiger partial charge in [-0.1, -0.05) is 0 Å². The summed E-state index contributed by atoms with van der Waals surface area (Å²) in [6.45, 7) is 7.79. The van der Waals surface area contributed by atoms with Gasteiger partial charge in [0.2, 0.25) is 5.91 Å². The van der Waals surface area contributed by atoms with Crippen molar-refractivity contribution in [2.45, 2.75) is 25.8 Å². The second kappa shape index (κ2) is 7.22. The Hall–Kier alpha value is -0.650. The molecule has 2 fully saturated rings. The van der Waals surface area contributed by atoms with Crippen molar-refractivity contribution in [3.8, 4) is 0 Å². The van der Waals surface area contributed by atoms with Gasteiger partial charge < -0.3 is 15.0 Å². The van der Waals surface area contributed by atoms with Crippen molar-refractivity contribution >= 4 is 5.91 Å². The number of carbonyl (C=O) groups is 1. The topological polar surface area (TPSA) is 44.8 Å². The Morgan fingerprint density at radius 1 is 1.37 bits per heavy atom. The number of carbonyl (C=O) groups excluding carboxylic acids is 1. The molecular weight excluding hydrogens is 242 g/mol. The highest BCUT2D eigenvalue weighted by molar-refractivity contribution is 5.78. The van der Waals surface area contributed by atoms with Gasteiger partial charge in [0, 0.05) is 25.7 Å². The summed E-state index contributed by atoms with van der Waals surface area (Å²) in [6.07, 6.45) is 2.47. The number of piperidine rings is 1.